The molecule has 3 N–H and O–H groups in total. The van der Waals surface area contributed by atoms with E-state index in [-0.39, 0.29) is 25.7 Å². The van der Waals surface area contributed by atoms with E-state index in [1.165, 1.54) is 103 Å². The topological polar surface area (TPSA) is 237 Å². The highest BCUT2D eigenvalue weighted by Gasteiger charge is 2.30. The molecule has 80 heavy (non-hydrogen) atoms. The van der Waals surface area contributed by atoms with E-state index in [1.54, 1.807) is 0 Å². The van der Waals surface area contributed by atoms with Gasteiger partial charge in [0.25, 0.3) is 0 Å². The summed E-state index contributed by atoms with van der Waals surface area (Å²) in [4.78, 5) is 71.8. The van der Waals surface area contributed by atoms with E-state index >= 15 is 0 Å². The lowest BCUT2D eigenvalue weighted by Crippen LogP contribution is -2.30. The number of aliphatic hydroxyl groups excluding tert-OH is 1. The highest BCUT2D eigenvalue weighted by Crippen LogP contribution is 2.45. The third-order valence-electron chi connectivity index (χ3n) is 14.0. The average Bonchev–Trinajstić information content (AvgIpc) is 3.41. The molecule has 0 fully saturated rings. The number of carbonyl (C=O) groups excluding carboxylic acids is 4. The first-order valence-electron chi connectivity index (χ1n) is 32.0. The second-order valence-corrected chi connectivity index (χ2v) is 25.9. The number of esters is 4. The Labute approximate surface area is 486 Å². The zero-order valence-electron chi connectivity index (χ0n) is 51.4. The second kappa shape index (κ2) is 53.8. The Hall–Kier alpha value is -1.94. The normalized spacial score (nSPS) is 14.4. The lowest BCUT2D eigenvalue weighted by Gasteiger charge is -2.21. The minimum Gasteiger partial charge on any atom is -0.462 e. The van der Waals surface area contributed by atoms with Crippen LogP contribution < -0.4 is 0 Å². The van der Waals surface area contributed by atoms with Crippen molar-refractivity contribution in [1.82, 2.24) is 0 Å². The zero-order valence-corrected chi connectivity index (χ0v) is 53.2. The Kier molecular flexibility index (Phi) is 52.5. The van der Waals surface area contributed by atoms with Gasteiger partial charge in [-0.1, -0.05) is 247 Å². The smallest absolute Gasteiger partial charge is 0.462 e. The Morgan fingerprint density at radius 3 is 0.850 bits per heavy atom. The van der Waals surface area contributed by atoms with Crippen molar-refractivity contribution in [3.63, 3.8) is 0 Å². The molecule has 0 aromatic carbocycles. The van der Waals surface area contributed by atoms with Gasteiger partial charge < -0.3 is 33.8 Å². The van der Waals surface area contributed by atoms with Gasteiger partial charge in [-0.25, -0.2) is 9.13 Å². The number of ether oxygens (including phenoxy) is 4. The van der Waals surface area contributed by atoms with Gasteiger partial charge in [-0.3, -0.25) is 37.3 Å². The van der Waals surface area contributed by atoms with Crippen LogP contribution in [-0.2, 0) is 65.4 Å². The van der Waals surface area contributed by atoms with Gasteiger partial charge in [-0.05, 0) is 37.5 Å². The molecule has 19 heteroatoms. The van der Waals surface area contributed by atoms with Gasteiger partial charge >= 0.3 is 39.5 Å². The van der Waals surface area contributed by atoms with E-state index in [1.807, 2.05) is 0 Å². The van der Waals surface area contributed by atoms with Crippen molar-refractivity contribution in [3.8, 4) is 0 Å². The van der Waals surface area contributed by atoms with Crippen LogP contribution in [-0.4, -0.2) is 96.7 Å². The summed E-state index contributed by atoms with van der Waals surface area (Å²) in [6.45, 7) is 9.35. The first kappa shape index (κ1) is 78.1. The first-order valence-corrected chi connectivity index (χ1v) is 35.0. The van der Waals surface area contributed by atoms with Crippen molar-refractivity contribution in [2.75, 3.05) is 39.6 Å². The summed E-state index contributed by atoms with van der Waals surface area (Å²) in [7, 11) is -9.87. The van der Waals surface area contributed by atoms with E-state index < -0.39 is 97.5 Å². The van der Waals surface area contributed by atoms with Crippen LogP contribution in [0.5, 0.6) is 0 Å². The van der Waals surface area contributed by atoms with Crippen molar-refractivity contribution < 1.29 is 80.2 Å². The van der Waals surface area contributed by atoms with Gasteiger partial charge in [-0.15, -0.1) is 0 Å². The molecule has 0 aromatic rings. The van der Waals surface area contributed by atoms with E-state index in [4.69, 9.17) is 37.0 Å². The Morgan fingerprint density at radius 1 is 0.338 bits per heavy atom. The molecule has 0 spiro atoms. The summed E-state index contributed by atoms with van der Waals surface area (Å²) in [5, 5.41) is 10.5. The number of carbonyl (C=O) groups is 4. The molecule has 0 aliphatic rings. The lowest BCUT2D eigenvalue weighted by atomic mass is 10.0. The highest BCUT2D eigenvalue weighted by molar-refractivity contribution is 7.47. The Balaban J connectivity index is 5.17. The fraction of sp³-hybridized carbons (Fsp3) is 0.934. The lowest BCUT2D eigenvalue weighted by molar-refractivity contribution is -0.161. The molecule has 0 heterocycles. The minimum absolute atomic E-state index is 0.104. The molecule has 2 unspecified atom stereocenters. The number of phosphoric acid groups is 2. The van der Waals surface area contributed by atoms with Gasteiger partial charge in [-0.2, -0.15) is 0 Å². The molecule has 0 amide bonds. The van der Waals surface area contributed by atoms with Crippen LogP contribution in [0.4, 0.5) is 0 Å². The van der Waals surface area contributed by atoms with E-state index in [2.05, 4.69) is 41.5 Å². The summed E-state index contributed by atoms with van der Waals surface area (Å²) >= 11 is 0. The van der Waals surface area contributed by atoms with Gasteiger partial charge in [0.2, 0.25) is 0 Å². The first-order chi connectivity index (χ1) is 38.4. The molecule has 0 aromatic heterocycles. The molecule has 0 aliphatic heterocycles. The van der Waals surface area contributed by atoms with Gasteiger partial charge in [0, 0.05) is 25.7 Å². The van der Waals surface area contributed by atoms with Gasteiger partial charge in [0.1, 0.15) is 19.3 Å². The van der Waals surface area contributed by atoms with Crippen LogP contribution in [0.1, 0.15) is 298 Å². The van der Waals surface area contributed by atoms with Gasteiger partial charge in [0.05, 0.1) is 26.4 Å². The summed E-state index contributed by atoms with van der Waals surface area (Å²) < 4.78 is 67.6. The summed E-state index contributed by atoms with van der Waals surface area (Å²) in [5.74, 6) is -0.627. The SMILES string of the molecule is CCCCCCCCCCC(=O)O[C@H](COC(=O)CCCCCCC)COP(=O)(O)OC[C@H](O)COP(=O)(O)OC[C@@H](COC(=O)CCCCCCCCCCCCC(C)C)OC(=O)CCCCCCCCCCCCCC(C)C. The van der Waals surface area contributed by atoms with Crippen LogP contribution in [0.2, 0.25) is 0 Å². The van der Waals surface area contributed by atoms with Crippen molar-refractivity contribution in [1.29, 1.82) is 0 Å². The van der Waals surface area contributed by atoms with Crippen LogP contribution in [0.25, 0.3) is 0 Å². The zero-order chi connectivity index (χ0) is 59.4. The number of unbranched alkanes of at least 4 members (excludes halogenated alkanes) is 30. The second-order valence-electron chi connectivity index (χ2n) is 23.0. The quantitative estimate of drug-likeness (QED) is 0.0222. The third kappa shape index (κ3) is 55.3. The molecule has 5 atom stereocenters. The van der Waals surface area contributed by atoms with E-state index in [9.17, 15) is 43.2 Å². The molecule has 0 aliphatic carbocycles. The summed E-state index contributed by atoms with van der Waals surface area (Å²) in [6, 6.07) is 0. The molecule has 0 saturated heterocycles. The molecule has 0 rings (SSSR count). The molecule has 17 nitrogen and oxygen atoms in total. The van der Waals surface area contributed by atoms with Crippen LogP contribution in [0.3, 0.4) is 0 Å². The van der Waals surface area contributed by atoms with Crippen molar-refractivity contribution >= 4 is 39.5 Å². The van der Waals surface area contributed by atoms with Crippen LogP contribution in [0.15, 0.2) is 0 Å². The molecular weight excluding hydrogens is 1070 g/mol. The number of rotatable bonds is 60. The summed E-state index contributed by atoms with van der Waals surface area (Å²) in [5.41, 5.74) is 0. The third-order valence-corrected chi connectivity index (χ3v) is 15.9. The monoisotopic (exact) mass is 1180 g/mol. The minimum atomic E-state index is -4.94. The number of aliphatic hydroxyl groups is 1. The standard InChI is InChI=1S/C61H118O17P2/c1-7-9-11-13-14-26-33-39-45-60(65)77-56(49-71-58(63)43-37-29-12-10-8-2)51-75-79(67,68)73-47-55(62)48-74-80(69,70)76-52-57(50-72-59(64)44-38-32-27-22-19-18-21-25-31-36-42-54(5)6)78-61(66)46-40-34-28-23-17-15-16-20-24-30-35-41-53(3)4/h53-57,62H,7-52H2,1-6H3,(H,67,68)(H,69,70)/t55-,56+,57+/m0/s1. The predicted molar refractivity (Wildman–Crippen MR) is 317 cm³/mol. The fourth-order valence-electron chi connectivity index (χ4n) is 9.00. The van der Waals surface area contributed by atoms with E-state index in [0.717, 1.165) is 115 Å². The number of hydrogen-bond acceptors (Lipinski definition) is 15. The maximum Gasteiger partial charge on any atom is 0.472 e. The average molecular weight is 1190 g/mol. The molecule has 0 saturated carbocycles. The summed E-state index contributed by atoms with van der Waals surface area (Å²) in [6.07, 6.45) is 35.2. The van der Waals surface area contributed by atoms with Crippen molar-refractivity contribution in [2.24, 2.45) is 11.8 Å². The largest absolute Gasteiger partial charge is 0.472 e. The number of hydrogen-bond donors (Lipinski definition) is 3. The fourth-order valence-corrected chi connectivity index (χ4v) is 10.6. The van der Waals surface area contributed by atoms with Crippen LogP contribution in [0, 0.1) is 11.8 Å². The molecule has 0 bridgehead atoms. The molecular formula is C61H118O17P2. The number of phosphoric ester groups is 2. The van der Waals surface area contributed by atoms with Gasteiger partial charge in [0.15, 0.2) is 12.2 Å². The van der Waals surface area contributed by atoms with E-state index in [0.29, 0.717) is 25.7 Å². The Bertz CT molecular complexity index is 1580. The van der Waals surface area contributed by atoms with Crippen molar-refractivity contribution in [2.45, 2.75) is 317 Å². The molecule has 474 valence electrons. The highest BCUT2D eigenvalue weighted by atomic mass is 31.2. The predicted octanol–water partition coefficient (Wildman–Crippen LogP) is 16.5. The maximum atomic E-state index is 12.9. The van der Waals surface area contributed by atoms with Crippen molar-refractivity contribution in [3.05, 3.63) is 0 Å². The molecule has 0 radical (unpaired) electrons. The van der Waals surface area contributed by atoms with Crippen LogP contribution >= 0.6 is 15.6 Å². The Morgan fingerprint density at radius 2 is 0.575 bits per heavy atom. The maximum absolute atomic E-state index is 12.9.